The first kappa shape index (κ1) is 17.5. The van der Waals surface area contributed by atoms with Crippen molar-refractivity contribution in [2.75, 3.05) is 25.0 Å². The highest BCUT2D eigenvalue weighted by Crippen LogP contribution is 2.21. The Hall–Kier alpha value is -2.37. The predicted molar refractivity (Wildman–Crippen MR) is 96.5 cm³/mol. The topological polar surface area (TPSA) is 62.5 Å². The molecule has 6 nitrogen and oxygen atoms in total. The van der Waals surface area contributed by atoms with Gasteiger partial charge in [-0.25, -0.2) is 4.98 Å². The van der Waals surface area contributed by atoms with E-state index in [0.29, 0.717) is 12.8 Å². The van der Waals surface area contributed by atoms with E-state index in [0.717, 1.165) is 48.8 Å². The number of anilines is 1. The lowest BCUT2D eigenvalue weighted by Crippen LogP contribution is -2.48. The second-order valence-corrected chi connectivity index (χ2v) is 6.74. The summed E-state index contributed by atoms with van der Waals surface area (Å²) in [6.07, 6.45) is 5.09. The van der Waals surface area contributed by atoms with Crippen LogP contribution in [-0.2, 0) is 11.2 Å². The van der Waals surface area contributed by atoms with Crippen LogP contribution < -0.4 is 4.90 Å². The zero-order valence-electron chi connectivity index (χ0n) is 15.2. The molecule has 134 valence electrons. The number of hydrogen-bond acceptors (Lipinski definition) is 5. The van der Waals surface area contributed by atoms with Gasteiger partial charge in [0.05, 0.1) is 5.69 Å². The predicted octanol–water partition coefficient (Wildman–Crippen LogP) is 2.75. The van der Waals surface area contributed by atoms with E-state index in [9.17, 15) is 4.79 Å². The number of aromatic nitrogens is 2. The van der Waals surface area contributed by atoms with Gasteiger partial charge in [-0.3, -0.25) is 4.79 Å². The largest absolute Gasteiger partial charge is 0.361 e. The van der Waals surface area contributed by atoms with Gasteiger partial charge in [0, 0.05) is 44.4 Å². The number of carbonyl (C=O) groups is 1. The minimum Gasteiger partial charge on any atom is -0.361 e. The number of piperidine rings is 1. The van der Waals surface area contributed by atoms with Crippen LogP contribution >= 0.6 is 0 Å². The van der Waals surface area contributed by atoms with Crippen molar-refractivity contribution in [3.8, 4) is 0 Å². The summed E-state index contributed by atoms with van der Waals surface area (Å²) < 4.78 is 5.18. The lowest BCUT2D eigenvalue weighted by molar-refractivity contribution is -0.132. The van der Waals surface area contributed by atoms with Crippen LogP contribution in [0.25, 0.3) is 0 Å². The average molecular weight is 342 g/mol. The van der Waals surface area contributed by atoms with E-state index in [4.69, 9.17) is 4.52 Å². The first-order valence-electron chi connectivity index (χ1n) is 8.89. The summed E-state index contributed by atoms with van der Waals surface area (Å²) in [4.78, 5) is 21.3. The van der Waals surface area contributed by atoms with Crippen LogP contribution in [0.15, 0.2) is 28.9 Å². The average Bonchev–Trinajstić information content (AvgIpc) is 2.98. The van der Waals surface area contributed by atoms with E-state index in [-0.39, 0.29) is 11.9 Å². The summed E-state index contributed by atoms with van der Waals surface area (Å²) in [5.74, 6) is 1.98. The normalized spacial score (nSPS) is 17.6. The number of likely N-dealkylation sites (N-methyl/N-ethyl adjacent to an activating group) is 1. The smallest absolute Gasteiger partial charge is 0.222 e. The molecule has 0 aromatic carbocycles. The minimum absolute atomic E-state index is 0.174. The molecule has 3 heterocycles. The molecule has 2 aromatic rings. The highest BCUT2D eigenvalue weighted by Gasteiger charge is 2.26. The third kappa shape index (κ3) is 4.00. The van der Waals surface area contributed by atoms with Crippen LogP contribution in [0.3, 0.4) is 0 Å². The first-order chi connectivity index (χ1) is 12.1. The van der Waals surface area contributed by atoms with Gasteiger partial charge in [0.15, 0.2) is 0 Å². The summed E-state index contributed by atoms with van der Waals surface area (Å²) >= 11 is 0. The Morgan fingerprint density at radius 1 is 1.40 bits per heavy atom. The third-order valence-corrected chi connectivity index (χ3v) is 5.08. The van der Waals surface area contributed by atoms with Crippen LogP contribution in [0.5, 0.6) is 0 Å². The van der Waals surface area contributed by atoms with Crippen LogP contribution in [-0.4, -0.2) is 47.1 Å². The molecular weight excluding hydrogens is 316 g/mol. The van der Waals surface area contributed by atoms with Crippen LogP contribution in [0.1, 0.15) is 36.3 Å². The number of carbonyl (C=O) groups excluding carboxylic acids is 1. The lowest BCUT2D eigenvalue weighted by Gasteiger charge is -2.38. The fraction of sp³-hybridized carbons (Fsp3) is 0.526. The number of aryl methyl sites for hydroxylation is 2. The summed E-state index contributed by atoms with van der Waals surface area (Å²) in [5.41, 5.74) is 1.94. The molecule has 3 rings (SSSR count). The summed E-state index contributed by atoms with van der Waals surface area (Å²) in [7, 11) is 1.92. The van der Waals surface area contributed by atoms with Gasteiger partial charge < -0.3 is 14.3 Å². The fourth-order valence-electron chi connectivity index (χ4n) is 3.49. The molecule has 0 saturated carbocycles. The van der Waals surface area contributed by atoms with Crippen molar-refractivity contribution in [2.45, 2.75) is 45.6 Å². The Kier molecular flexibility index (Phi) is 5.36. The Morgan fingerprint density at radius 3 is 2.92 bits per heavy atom. The van der Waals surface area contributed by atoms with E-state index < -0.39 is 0 Å². The Balaban J connectivity index is 1.58. The van der Waals surface area contributed by atoms with Crippen molar-refractivity contribution in [3.63, 3.8) is 0 Å². The molecule has 1 saturated heterocycles. The molecular formula is C19H26N4O2. The van der Waals surface area contributed by atoms with Crippen molar-refractivity contribution < 1.29 is 9.32 Å². The summed E-state index contributed by atoms with van der Waals surface area (Å²) in [6, 6.07) is 6.19. The Morgan fingerprint density at radius 2 is 2.24 bits per heavy atom. The third-order valence-electron chi connectivity index (χ3n) is 5.08. The van der Waals surface area contributed by atoms with E-state index in [2.05, 4.69) is 15.0 Å². The molecule has 0 bridgehead atoms. The molecule has 25 heavy (non-hydrogen) atoms. The molecule has 6 heteroatoms. The molecule has 0 radical (unpaired) electrons. The second-order valence-electron chi connectivity index (χ2n) is 6.74. The molecule has 1 atom stereocenters. The second kappa shape index (κ2) is 7.68. The number of pyridine rings is 1. The van der Waals surface area contributed by atoms with Crippen LogP contribution in [0.2, 0.25) is 0 Å². The monoisotopic (exact) mass is 342 g/mol. The Bertz CT molecular complexity index is 694. The number of hydrogen-bond donors (Lipinski definition) is 0. The number of nitrogens with zero attached hydrogens (tertiary/aromatic N) is 4. The maximum Gasteiger partial charge on any atom is 0.222 e. The fourth-order valence-corrected chi connectivity index (χ4v) is 3.49. The van der Waals surface area contributed by atoms with Gasteiger partial charge in [0.2, 0.25) is 5.91 Å². The Labute approximate surface area is 148 Å². The molecule has 1 aliphatic rings. The number of amides is 1. The SMILES string of the molecule is Cc1noc(C)c1CCC(=O)N(C)C1CCCN(c2ccccn2)C1. The molecule has 1 amide bonds. The van der Waals surface area contributed by atoms with Gasteiger partial charge in [-0.1, -0.05) is 11.2 Å². The summed E-state index contributed by atoms with van der Waals surface area (Å²) in [5, 5.41) is 3.96. The molecule has 1 fully saturated rings. The molecule has 0 aliphatic carbocycles. The number of rotatable bonds is 5. The molecule has 1 aliphatic heterocycles. The van der Waals surface area contributed by atoms with Crippen molar-refractivity contribution in [1.29, 1.82) is 0 Å². The van der Waals surface area contributed by atoms with E-state index in [1.54, 1.807) is 0 Å². The zero-order chi connectivity index (χ0) is 17.8. The standard InChI is InChI=1S/C19H26N4O2/c1-14-17(15(2)25-21-14)9-10-19(24)22(3)16-7-6-12-23(13-16)18-8-4-5-11-20-18/h4-5,8,11,16H,6-7,9-10,12-13H2,1-3H3. The lowest BCUT2D eigenvalue weighted by atomic mass is 10.0. The van der Waals surface area contributed by atoms with E-state index in [1.165, 1.54) is 0 Å². The van der Waals surface area contributed by atoms with Crippen molar-refractivity contribution in [2.24, 2.45) is 0 Å². The highest BCUT2D eigenvalue weighted by atomic mass is 16.5. The quantitative estimate of drug-likeness (QED) is 0.836. The minimum atomic E-state index is 0.174. The van der Waals surface area contributed by atoms with Crippen molar-refractivity contribution >= 4 is 11.7 Å². The molecule has 1 unspecified atom stereocenters. The van der Waals surface area contributed by atoms with Crippen molar-refractivity contribution in [3.05, 3.63) is 41.4 Å². The van der Waals surface area contributed by atoms with E-state index in [1.807, 2.05) is 50.2 Å². The molecule has 2 aromatic heterocycles. The van der Waals surface area contributed by atoms with E-state index >= 15 is 0 Å². The van der Waals surface area contributed by atoms with Crippen molar-refractivity contribution in [1.82, 2.24) is 15.0 Å². The van der Waals surface area contributed by atoms with Gasteiger partial charge in [0.1, 0.15) is 11.6 Å². The maximum atomic E-state index is 12.6. The van der Waals surface area contributed by atoms with Gasteiger partial charge >= 0.3 is 0 Å². The van der Waals surface area contributed by atoms with Gasteiger partial charge in [-0.15, -0.1) is 0 Å². The maximum absolute atomic E-state index is 12.6. The molecule has 0 N–H and O–H groups in total. The first-order valence-corrected chi connectivity index (χ1v) is 8.89. The van der Waals surface area contributed by atoms with Gasteiger partial charge in [0.25, 0.3) is 0 Å². The molecule has 0 spiro atoms. The highest BCUT2D eigenvalue weighted by molar-refractivity contribution is 5.76. The zero-order valence-corrected chi connectivity index (χ0v) is 15.2. The van der Waals surface area contributed by atoms with Gasteiger partial charge in [-0.05, 0) is 45.2 Å². The van der Waals surface area contributed by atoms with Crippen LogP contribution in [0, 0.1) is 13.8 Å². The summed E-state index contributed by atoms with van der Waals surface area (Å²) in [6.45, 7) is 5.65. The van der Waals surface area contributed by atoms with Gasteiger partial charge in [-0.2, -0.15) is 0 Å². The van der Waals surface area contributed by atoms with Crippen LogP contribution in [0.4, 0.5) is 5.82 Å².